The van der Waals surface area contributed by atoms with Gasteiger partial charge >= 0.3 is 0 Å². The van der Waals surface area contributed by atoms with Crippen LogP contribution in [0.3, 0.4) is 0 Å². The first-order valence-corrected chi connectivity index (χ1v) is 10.7. The van der Waals surface area contributed by atoms with Crippen LogP contribution in [0.15, 0.2) is 18.3 Å². The van der Waals surface area contributed by atoms with Gasteiger partial charge in [0.15, 0.2) is 0 Å². The number of aryl methyl sites for hydroxylation is 1. The molecule has 9 heteroatoms. The molecule has 8 nitrogen and oxygen atoms in total. The molecule has 0 saturated carbocycles. The molecule has 0 atom stereocenters. The molecule has 0 radical (unpaired) electrons. The van der Waals surface area contributed by atoms with Crippen molar-refractivity contribution in [1.29, 1.82) is 0 Å². The summed E-state index contributed by atoms with van der Waals surface area (Å²) in [4.78, 5) is 9.25. The van der Waals surface area contributed by atoms with E-state index in [1.54, 1.807) is 24.6 Å². The van der Waals surface area contributed by atoms with Crippen molar-refractivity contribution in [3.05, 3.63) is 29.8 Å². The summed E-state index contributed by atoms with van der Waals surface area (Å²) in [6.07, 6.45) is 3.30. The monoisotopic (exact) mass is 392 g/mol. The van der Waals surface area contributed by atoms with Crippen LogP contribution in [-0.4, -0.2) is 64.0 Å². The van der Waals surface area contributed by atoms with Crippen molar-refractivity contribution in [3.63, 3.8) is 0 Å². The highest BCUT2D eigenvalue weighted by atomic mass is 32.2. The number of hydrogen-bond acceptors (Lipinski definition) is 5. The lowest BCUT2D eigenvalue weighted by Crippen LogP contribution is -2.44. The zero-order valence-corrected chi connectivity index (χ0v) is 17.4. The van der Waals surface area contributed by atoms with Crippen LogP contribution in [0.4, 0.5) is 0 Å². The lowest BCUT2D eigenvalue weighted by Gasteiger charge is -2.32. The summed E-state index contributed by atoms with van der Waals surface area (Å²) < 4.78 is 29.4. The average Bonchev–Trinajstić information content (AvgIpc) is 3.11. The van der Waals surface area contributed by atoms with Crippen LogP contribution in [-0.2, 0) is 10.2 Å². The van der Waals surface area contributed by atoms with Gasteiger partial charge < -0.3 is 0 Å². The van der Waals surface area contributed by atoms with Crippen molar-refractivity contribution in [2.75, 3.05) is 27.2 Å². The number of nitrogens with zero attached hydrogens (tertiary/aromatic N) is 6. The normalized spacial score (nSPS) is 17.1. The molecule has 0 bridgehead atoms. The molecule has 0 aromatic carbocycles. The van der Waals surface area contributed by atoms with Crippen LogP contribution in [0, 0.1) is 6.92 Å². The van der Waals surface area contributed by atoms with Gasteiger partial charge in [0.1, 0.15) is 5.82 Å². The van der Waals surface area contributed by atoms with E-state index in [0.29, 0.717) is 13.1 Å². The summed E-state index contributed by atoms with van der Waals surface area (Å²) in [5, 5.41) is 4.40. The van der Waals surface area contributed by atoms with Gasteiger partial charge in [-0.25, -0.2) is 9.97 Å². The molecule has 2 aromatic rings. The fourth-order valence-electron chi connectivity index (χ4n) is 3.47. The van der Waals surface area contributed by atoms with Crippen LogP contribution < -0.4 is 0 Å². The zero-order valence-electron chi connectivity index (χ0n) is 16.6. The average molecular weight is 393 g/mol. The quantitative estimate of drug-likeness (QED) is 0.779. The van der Waals surface area contributed by atoms with Crippen LogP contribution in [0.1, 0.15) is 50.2 Å². The van der Waals surface area contributed by atoms with Crippen molar-refractivity contribution >= 4 is 10.2 Å². The summed E-state index contributed by atoms with van der Waals surface area (Å²) in [6, 6.07) is 4.25. The summed E-state index contributed by atoms with van der Waals surface area (Å²) in [7, 11) is -0.213. The Balaban J connectivity index is 1.83. The highest BCUT2D eigenvalue weighted by molar-refractivity contribution is 7.86. The van der Waals surface area contributed by atoms with E-state index in [2.05, 4.69) is 28.9 Å². The van der Waals surface area contributed by atoms with E-state index in [0.717, 1.165) is 35.7 Å². The number of piperidine rings is 1. The van der Waals surface area contributed by atoms with Gasteiger partial charge in [-0.1, -0.05) is 0 Å². The third-order valence-electron chi connectivity index (χ3n) is 4.94. The maximum absolute atomic E-state index is 12.3. The Hall–Kier alpha value is -1.84. The number of rotatable bonds is 5. The lowest BCUT2D eigenvalue weighted by atomic mass is 9.93. The van der Waals surface area contributed by atoms with Crippen LogP contribution in [0.2, 0.25) is 0 Å². The fourth-order valence-corrected chi connectivity index (χ4v) is 4.61. The van der Waals surface area contributed by atoms with Gasteiger partial charge in [0.2, 0.25) is 0 Å². The highest BCUT2D eigenvalue weighted by Crippen LogP contribution is 2.31. The SMILES string of the molecule is Cc1nc(-c2ccnn2C(C)C)cc(C2CCN(S(=O)(=O)N(C)C)CC2)n1. The molecule has 3 heterocycles. The highest BCUT2D eigenvalue weighted by Gasteiger charge is 2.31. The lowest BCUT2D eigenvalue weighted by molar-refractivity contribution is 0.300. The minimum Gasteiger partial charge on any atom is -0.261 e. The first-order valence-electron chi connectivity index (χ1n) is 9.27. The van der Waals surface area contributed by atoms with Gasteiger partial charge in [0.25, 0.3) is 10.2 Å². The molecule has 2 aromatic heterocycles. The minimum absolute atomic E-state index is 0.231. The molecular weight excluding hydrogens is 364 g/mol. The molecule has 0 unspecified atom stereocenters. The van der Waals surface area contributed by atoms with Gasteiger partial charge in [0.05, 0.1) is 11.4 Å². The Morgan fingerprint density at radius 1 is 1.19 bits per heavy atom. The summed E-state index contributed by atoms with van der Waals surface area (Å²) in [6.45, 7) is 7.09. The molecule has 0 amide bonds. The Labute approximate surface area is 161 Å². The molecular formula is C18H28N6O2S. The van der Waals surface area contributed by atoms with Crippen LogP contribution in [0.25, 0.3) is 11.4 Å². The first kappa shape index (κ1) is 19.9. The largest absolute Gasteiger partial charge is 0.281 e. The molecule has 0 spiro atoms. The van der Waals surface area contributed by atoms with E-state index >= 15 is 0 Å². The van der Waals surface area contributed by atoms with E-state index in [1.165, 1.54) is 4.31 Å². The van der Waals surface area contributed by atoms with Crippen molar-refractivity contribution in [3.8, 4) is 11.4 Å². The smallest absolute Gasteiger partial charge is 0.261 e. The molecule has 1 aliphatic heterocycles. The molecule has 27 heavy (non-hydrogen) atoms. The van der Waals surface area contributed by atoms with E-state index in [4.69, 9.17) is 0 Å². The molecule has 1 fully saturated rings. The Morgan fingerprint density at radius 3 is 2.44 bits per heavy atom. The Morgan fingerprint density at radius 2 is 1.85 bits per heavy atom. The Bertz CT molecular complexity index is 898. The zero-order chi connectivity index (χ0) is 19.8. The summed E-state index contributed by atoms with van der Waals surface area (Å²) >= 11 is 0. The third-order valence-corrected chi connectivity index (χ3v) is 6.88. The van der Waals surface area contributed by atoms with Gasteiger partial charge in [-0.15, -0.1) is 0 Å². The first-order chi connectivity index (χ1) is 12.7. The Kier molecular flexibility index (Phi) is 5.64. The molecule has 3 rings (SSSR count). The van der Waals surface area contributed by atoms with Crippen molar-refractivity contribution in [2.45, 2.75) is 45.6 Å². The standard InChI is InChI=1S/C18H28N6O2S/c1-13(2)24-18(6-9-19-24)17-12-16(20-14(3)21-17)15-7-10-23(11-8-15)27(25,26)22(4)5/h6,9,12-13,15H,7-8,10-11H2,1-5H3. The van der Waals surface area contributed by atoms with Crippen molar-refractivity contribution < 1.29 is 8.42 Å². The predicted molar refractivity (Wildman–Crippen MR) is 105 cm³/mol. The van der Waals surface area contributed by atoms with Gasteiger partial charge in [-0.2, -0.15) is 22.1 Å². The number of aromatic nitrogens is 4. The molecule has 1 saturated heterocycles. The van der Waals surface area contributed by atoms with Gasteiger partial charge in [-0.05, 0) is 45.7 Å². The molecule has 148 valence electrons. The second-order valence-corrected chi connectivity index (χ2v) is 9.59. The van der Waals surface area contributed by atoms with Gasteiger partial charge in [-0.3, -0.25) is 4.68 Å². The second-order valence-electron chi connectivity index (χ2n) is 7.44. The van der Waals surface area contributed by atoms with E-state index in [9.17, 15) is 8.42 Å². The van der Waals surface area contributed by atoms with Crippen LogP contribution >= 0.6 is 0 Å². The van der Waals surface area contributed by atoms with E-state index < -0.39 is 10.2 Å². The predicted octanol–water partition coefficient (Wildman–Crippen LogP) is 2.22. The number of hydrogen-bond donors (Lipinski definition) is 0. The van der Waals surface area contributed by atoms with E-state index in [-0.39, 0.29) is 12.0 Å². The van der Waals surface area contributed by atoms with Crippen LogP contribution in [0.5, 0.6) is 0 Å². The van der Waals surface area contributed by atoms with Crippen molar-refractivity contribution in [1.82, 2.24) is 28.4 Å². The minimum atomic E-state index is -3.35. The topological polar surface area (TPSA) is 84.2 Å². The third kappa shape index (κ3) is 4.04. The molecule has 1 aliphatic rings. The van der Waals surface area contributed by atoms with Gasteiger partial charge in [0, 0.05) is 51.0 Å². The molecule has 0 aliphatic carbocycles. The maximum Gasteiger partial charge on any atom is 0.281 e. The van der Waals surface area contributed by atoms with E-state index in [1.807, 2.05) is 23.7 Å². The second kappa shape index (κ2) is 7.65. The molecule has 0 N–H and O–H groups in total. The fraction of sp³-hybridized carbons (Fsp3) is 0.611. The maximum atomic E-state index is 12.3. The summed E-state index contributed by atoms with van der Waals surface area (Å²) in [5.41, 5.74) is 2.83. The summed E-state index contributed by atoms with van der Waals surface area (Å²) in [5.74, 6) is 0.955. The van der Waals surface area contributed by atoms with Crippen molar-refractivity contribution in [2.24, 2.45) is 0 Å².